The molecule has 0 radical (unpaired) electrons. The van der Waals surface area contributed by atoms with Crippen LogP contribution in [-0.2, 0) is 14.3 Å². The first-order chi connectivity index (χ1) is 13.9. The molecule has 2 aliphatic heterocycles. The minimum absolute atomic E-state index is 0.0559. The molecule has 8 nitrogen and oxygen atoms in total. The Labute approximate surface area is 174 Å². The molecule has 0 aromatic heterocycles. The van der Waals surface area contributed by atoms with Gasteiger partial charge in [-0.1, -0.05) is 6.92 Å². The summed E-state index contributed by atoms with van der Waals surface area (Å²) in [5, 5.41) is 2.88. The number of amides is 3. The fourth-order valence-electron chi connectivity index (χ4n) is 5.22. The summed E-state index contributed by atoms with van der Waals surface area (Å²) in [5.74, 6) is -0.300. The van der Waals surface area contributed by atoms with Crippen LogP contribution in [0.1, 0.15) is 39.5 Å². The molecule has 2 saturated heterocycles. The molecule has 2 heterocycles. The molecule has 0 bridgehead atoms. The van der Waals surface area contributed by atoms with Crippen LogP contribution in [-0.4, -0.2) is 98.5 Å². The average molecular weight is 411 g/mol. The first kappa shape index (κ1) is 22.5. The molecular formula is C21H38N4O4. The number of ether oxygens (including phenoxy) is 2. The number of nitrogens with zero attached hydrogens (tertiary/aromatic N) is 3. The SMILES string of the molecule is CCN(C(=O)NCCN(C)C)C(=O)[C@@H]1C[C@@H]2CC3(CC[C@H]2N(CC)C1)OCCO3. The van der Waals surface area contributed by atoms with Crippen molar-refractivity contribution in [3.05, 3.63) is 0 Å². The number of imide groups is 1. The Hall–Kier alpha value is -1.22. The van der Waals surface area contributed by atoms with E-state index in [1.165, 1.54) is 4.90 Å². The third-order valence-electron chi connectivity index (χ3n) is 6.68. The zero-order chi connectivity index (χ0) is 21.0. The van der Waals surface area contributed by atoms with Crippen molar-refractivity contribution in [2.24, 2.45) is 11.8 Å². The molecule has 1 N–H and O–H groups in total. The van der Waals surface area contributed by atoms with Crippen LogP contribution in [0.4, 0.5) is 4.79 Å². The van der Waals surface area contributed by atoms with Gasteiger partial charge in [0.1, 0.15) is 0 Å². The number of nitrogens with one attached hydrogen (secondary N) is 1. The molecule has 0 aromatic carbocycles. The Kier molecular flexibility index (Phi) is 7.53. The number of rotatable bonds is 6. The summed E-state index contributed by atoms with van der Waals surface area (Å²) >= 11 is 0. The maximum atomic E-state index is 13.3. The maximum Gasteiger partial charge on any atom is 0.324 e. The summed E-state index contributed by atoms with van der Waals surface area (Å²) in [6.07, 6.45) is 3.62. The summed E-state index contributed by atoms with van der Waals surface area (Å²) in [6, 6.07) is 0.193. The topological polar surface area (TPSA) is 74.4 Å². The van der Waals surface area contributed by atoms with Gasteiger partial charge < -0.3 is 19.7 Å². The quantitative estimate of drug-likeness (QED) is 0.713. The zero-order valence-electron chi connectivity index (χ0n) is 18.5. The summed E-state index contributed by atoms with van der Waals surface area (Å²) in [6.45, 7) is 8.65. The lowest BCUT2D eigenvalue weighted by molar-refractivity contribution is -0.203. The second-order valence-electron chi connectivity index (χ2n) is 8.82. The van der Waals surface area contributed by atoms with Gasteiger partial charge in [0.2, 0.25) is 5.91 Å². The Balaban J connectivity index is 1.65. The summed E-state index contributed by atoms with van der Waals surface area (Å²) < 4.78 is 11.9. The van der Waals surface area contributed by atoms with Crippen LogP contribution in [0, 0.1) is 11.8 Å². The molecule has 3 rings (SSSR count). The van der Waals surface area contributed by atoms with Crippen LogP contribution in [0.2, 0.25) is 0 Å². The number of hydrogen-bond donors (Lipinski definition) is 1. The molecule has 1 spiro atoms. The molecule has 1 aliphatic carbocycles. The predicted octanol–water partition coefficient (Wildman–Crippen LogP) is 1.36. The van der Waals surface area contributed by atoms with E-state index in [9.17, 15) is 9.59 Å². The van der Waals surface area contributed by atoms with Crippen LogP contribution < -0.4 is 5.32 Å². The molecule has 0 aromatic rings. The highest BCUT2D eigenvalue weighted by molar-refractivity contribution is 5.95. The second kappa shape index (κ2) is 9.73. The number of hydrogen-bond acceptors (Lipinski definition) is 6. The maximum absolute atomic E-state index is 13.3. The second-order valence-corrected chi connectivity index (χ2v) is 8.82. The van der Waals surface area contributed by atoms with Gasteiger partial charge in [-0.2, -0.15) is 0 Å². The lowest BCUT2D eigenvalue weighted by Crippen LogP contribution is -2.58. The van der Waals surface area contributed by atoms with Crippen LogP contribution >= 0.6 is 0 Å². The predicted molar refractivity (Wildman–Crippen MR) is 110 cm³/mol. The molecule has 3 fully saturated rings. The lowest BCUT2D eigenvalue weighted by atomic mass is 9.72. The third kappa shape index (κ3) is 5.10. The van der Waals surface area contributed by atoms with Gasteiger partial charge >= 0.3 is 6.03 Å². The number of piperidine rings is 1. The first-order valence-corrected chi connectivity index (χ1v) is 11.1. The van der Waals surface area contributed by atoms with Crippen molar-refractivity contribution >= 4 is 11.9 Å². The highest BCUT2D eigenvalue weighted by Crippen LogP contribution is 2.45. The van der Waals surface area contributed by atoms with Gasteiger partial charge in [-0.3, -0.25) is 14.6 Å². The van der Waals surface area contributed by atoms with E-state index in [-0.39, 0.29) is 17.9 Å². The van der Waals surface area contributed by atoms with E-state index in [0.29, 0.717) is 38.3 Å². The van der Waals surface area contributed by atoms with Crippen molar-refractivity contribution < 1.29 is 19.1 Å². The van der Waals surface area contributed by atoms with Gasteiger partial charge in [-0.05, 0) is 46.3 Å². The van der Waals surface area contributed by atoms with Crippen LogP contribution in [0.15, 0.2) is 0 Å². The normalized spacial score (nSPS) is 29.1. The van der Waals surface area contributed by atoms with Crippen molar-refractivity contribution in [3.8, 4) is 0 Å². The van der Waals surface area contributed by atoms with Crippen molar-refractivity contribution in [1.82, 2.24) is 20.0 Å². The fourth-order valence-corrected chi connectivity index (χ4v) is 5.22. The van der Waals surface area contributed by atoms with Gasteiger partial charge in [0.25, 0.3) is 0 Å². The van der Waals surface area contributed by atoms with Crippen LogP contribution in [0.5, 0.6) is 0 Å². The van der Waals surface area contributed by atoms with Crippen molar-refractivity contribution in [3.63, 3.8) is 0 Å². The van der Waals surface area contributed by atoms with E-state index < -0.39 is 5.79 Å². The Morgan fingerprint density at radius 1 is 1.21 bits per heavy atom. The number of likely N-dealkylation sites (tertiary alicyclic amines) is 1. The van der Waals surface area contributed by atoms with E-state index in [1.807, 2.05) is 25.9 Å². The number of fused-ring (bicyclic) bond motifs is 1. The highest BCUT2D eigenvalue weighted by atomic mass is 16.7. The third-order valence-corrected chi connectivity index (χ3v) is 6.68. The minimum atomic E-state index is -0.445. The summed E-state index contributed by atoms with van der Waals surface area (Å²) in [4.78, 5) is 31.7. The summed E-state index contributed by atoms with van der Waals surface area (Å²) in [7, 11) is 3.92. The van der Waals surface area contributed by atoms with E-state index in [4.69, 9.17) is 9.47 Å². The van der Waals surface area contributed by atoms with Crippen LogP contribution in [0.3, 0.4) is 0 Å². The number of carbonyl (C=O) groups is 2. The molecular weight excluding hydrogens is 372 g/mol. The van der Waals surface area contributed by atoms with Gasteiger partial charge in [0, 0.05) is 45.1 Å². The van der Waals surface area contributed by atoms with Crippen LogP contribution in [0.25, 0.3) is 0 Å². The average Bonchev–Trinajstić information content (AvgIpc) is 3.14. The van der Waals surface area contributed by atoms with Crippen molar-refractivity contribution in [2.45, 2.75) is 51.4 Å². The molecule has 166 valence electrons. The first-order valence-electron chi connectivity index (χ1n) is 11.1. The molecule has 1 saturated carbocycles. The van der Waals surface area contributed by atoms with Gasteiger partial charge in [-0.25, -0.2) is 4.79 Å². The molecule has 29 heavy (non-hydrogen) atoms. The number of likely N-dealkylation sites (N-methyl/N-ethyl adjacent to an activating group) is 1. The standard InChI is InChI=1S/C21H38N4O4/c1-5-24-15-17(19(26)25(6-2)20(27)22-9-10-23(3)4)13-16-14-21(8-7-18(16)24)28-11-12-29-21/h16-18H,5-15H2,1-4H3,(H,22,27)/t16-,17-,18-/m1/s1. The Morgan fingerprint density at radius 2 is 1.93 bits per heavy atom. The van der Waals surface area contributed by atoms with Gasteiger partial charge in [0.15, 0.2) is 5.79 Å². The van der Waals surface area contributed by atoms with E-state index in [1.54, 1.807) is 0 Å². The van der Waals surface area contributed by atoms with Crippen molar-refractivity contribution in [2.75, 3.05) is 60.0 Å². The minimum Gasteiger partial charge on any atom is -0.348 e. The number of urea groups is 1. The Morgan fingerprint density at radius 3 is 2.55 bits per heavy atom. The molecule has 8 heteroatoms. The lowest BCUT2D eigenvalue weighted by Gasteiger charge is -2.50. The largest absolute Gasteiger partial charge is 0.348 e. The monoisotopic (exact) mass is 410 g/mol. The van der Waals surface area contributed by atoms with Gasteiger partial charge in [-0.15, -0.1) is 0 Å². The van der Waals surface area contributed by atoms with E-state index in [2.05, 4.69) is 17.1 Å². The highest BCUT2D eigenvalue weighted by Gasteiger charge is 2.50. The van der Waals surface area contributed by atoms with E-state index in [0.717, 1.165) is 45.3 Å². The van der Waals surface area contributed by atoms with Crippen molar-refractivity contribution in [1.29, 1.82) is 0 Å². The smallest absolute Gasteiger partial charge is 0.324 e. The molecule has 3 atom stereocenters. The molecule has 0 unspecified atom stereocenters. The molecule has 3 aliphatic rings. The van der Waals surface area contributed by atoms with E-state index >= 15 is 0 Å². The molecule has 3 amide bonds. The Bertz CT molecular complexity index is 579. The fraction of sp³-hybridized carbons (Fsp3) is 0.905. The van der Waals surface area contributed by atoms with Gasteiger partial charge in [0.05, 0.1) is 19.1 Å². The number of carbonyl (C=O) groups excluding carboxylic acids is 2. The zero-order valence-corrected chi connectivity index (χ0v) is 18.5. The summed E-state index contributed by atoms with van der Waals surface area (Å²) in [5.41, 5.74) is 0.